The van der Waals surface area contributed by atoms with Gasteiger partial charge in [-0.15, -0.1) is 0 Å². The van der Waals surface area contributed by atoms with Crippen molar-refractivity contribution in [3.63, 3.8) is 0 Å². The zero-order valence-corrected chi connectivity index (χ0v) is 17.9. The van der Waals surface area contributed by atoms with Crippen molar-refractivity contribution in [2.45, 2.75) is 114 Å². The molecule has 0 aromatic rings. The molecule has 0 saturated heterocycles. The second kappa shape index (κ2) is 13.4. The standard InChI is InChI=1S/C7H17NSi.2C6H13N/c1-8(9)7-5-3-2-4-6-7;2*7-6-4-2-1-3-5-6/h7H,2-6H2,1,9H3;2*6H,1-5,7H2. The minimum absolute atomic E-state index is 0.536. The van der Waals surface area contributed by atoms with Crippen molar-refractivity contribution in [2.75, 3.05) is 7.05 Å². The molecule has 3 rings (SSSR count). The molecule has 0 radical (unpaired) electrons. The first kappa shape index (κ1) is 21.1. The average Bonchev–Trinajstić information content (AvgIpc) is 2.58. The van der Waals surface area contributed by atoms with Crippen LogP contribution in [0.15, 0.2) is 0 Å². The van der Waals surface area contributed by atoms with E-state index in [0.717, 1.165) is 6.04 Å². The van der Waals surface area contributed by atoms with Crippen molar-refractivity contribution in [1.82, 2.24) is 4.57 Å². The van der Waals surface area contributed by atoms with Crippen molar-refractivity contribution in [1.29, 1.82) is 0 Å². The van der Waals surface area contributed by atoms with Crippen LogP contribution >= 0.6 is 0 Å². The average molecular weight is 342 g/mol. The van der Waals surface area contributed by atoms with E-state index in [-0.39, 0.29) is 0 Å². The first-order valence-electron chi connectivity index (χ1n) is 10.3. The van der Waals surface area contributed by atoms with E-state index in [2.05, 4.69) is 11.6 Å². The summed E-state index contributed by atoms with van der Waals surface area (Å²) in [4.78, 5) is 0. The van der Waals surface area contributed by atoms with Gasteiger partial charge in [-0.25, -0.2) is 0 Å². The van der Waals surface area contributed by atoms with Gasteiger partial charge >= 0.3 is 0 Å². The number of hydrogen-bond acceptors (Lipinski definition) is 3. The summed E-state index contributed by atoms with van der Waals surface area (Å²) < 4.78 is 2.50. The fourth-order valence-corrected chi connectivity index (χ4v) is 4.38. The Morgan fingerprint density at radius 1 is 0.609 bits per heavy atom. The Balaban J connectivity index is 0.000000175. The molecule has 0 aromatic carbocycles. The second-order valence-corrected chi connectivity index (χ2v) is 9.46. The molecule has 4 N–H and O–H groups in total. The molecule has 0 heterocycles. The fourth-order valence-electron chi connectivity index (χ4n) is 3.87. The van der Waals surface area contributed by atoms with Crippen LogP contribution in [-0.2, 0) is 0 Å². The zero-order valence-electron chi connectivity index (χ0n) is 15.9. The Kier molecular flexibility index (Phi) is 12.3. The van der Waals surface area contributed by atoms with Crippen LogP contribution in [0.25, 0.3) is 0 Å². The molecule has 3 aliphatic rings. The lowest BCUT2D eigenvalue weighted by Crippen LogP contribution is -2.30. The third-order valence-corrected chi connectivity index (χ3v) is 6.33. The minimum atomic E-state index is 0.536. The highest BCUT2D eigenvalue weighted by Crippen LogP contribution is 2.20. The first-order valence-corrected chi connectivity index (χ1v) is 11.2. The third-order valence-electron chi connectivity index (χ3n) is 5.60. The van der Waals surface area contributed by atoms with Gasteiger partial charge in [0.15, 0.2) is 0 Å². The molecule has 0 atom stereocenters. The first-order chi connectivity index (χ1) is 11.1. The monoisotopic (exact) mass is 341 g/mol. The Morgan fingerprint density at radius 3 is 1.09 bits per heavy atom. The van der Waals surface area contributed by atoms with E-state index in [1.54, 1.807) is 0 Å². The van der Waals surface area contributed by atoms with Gasteiger partial charge in [0.1, 0.15) is 0 Å². The maximum absolute atomic E-state index is 5.63. The zero-order chi connectivity index (χ0) is 16.9. The van der Waals surface area contributed by atoms with Crippen LogP contribution < -0.4 is 11.5 Å². The largest absolute Gasteiger partial charge is 0.332 e. The smallest absolute Gasteiger partial charge is 0.0784 e. The summed E-state index contributed by atoms with van der Waals surface area (Å²) in [6, 6.07) is 2.02. The van der Waals surface area contributed by atoms with Crippen LogP contribution in [-0.4, -0.2) is 40.1 Å². The summed E-state index contributed by atoms with van der Waals surface area (Å²) in [5, 5.41) is 0. The number of nitrogens with zero attached hydrogens (tertiary/aromatic N) is 1. The van der Waals surface area contributed by atoms with E-state index in [0.29, 0.717) is 12.1 Å². The fraction of sp³-hybridized carbons (Fsp3) is 1.00. The van der Waals surface area contributed by atoms with Gasteiger partial charge in [-0.05, 0) is 45.6 Å². The molecule has 3 aliphatic carbocycles. The van der Waals surface area contributed by atoms with Crippen molar-refractivity contribution >= 4 is 10.4 Å². The number of rotatable bonds is 1. The number of nitrogens with two attached hydrogens (primary N) is 2. The predicted octanol–water partition coefficient (Wildman–Crippen LogP) is 3.09. The highest BCUT2D eigenvalue weighted by atomic mass is 28.2. The van der Waals surface area contributed by atoms with Gasteiger partial charge in [-0.1, -0.05) is 57.8 Å². The topological polar surface area (TPSA) is 55.3 Å². The van der Waals surface area contributed by atoms with Gasteiger partial charge in [0, 0.05) is 18.1 Å². The quantitative estimate of drug-likeness (QED) is 0.721. The number of hydrogen-bond donors (Lipinski definition) is 2. The van der Waals surface area contributed by atoms with Crippen LogP contribution in [0.1, 0.15) is 96.3 Å². The molecule has 0 aromatic heterocycles. The second-order valence-electron chi connectivity index (χ2n) is 8.05. The van der Waals surface area contributed by atoms with Gasteiger partial charge in [0.2, 0.25) is 0 Å². The van der Waals surface area contributed by atoms with Crippen LogP contribution in [0.3, 0.4) is 0 Å². The van der Waals surface area contributed by atoms with E-state index >= 15 is 0 Å². The van der Waals surface area contributed by atoms with Crippen molar-refractivity contribution in [3.05, 3.63) is 0 Å². The van der Waals surface area contributed by atoms with E-state index in [1.807, 2.05) is 0 Å². The van der Waals surface area contributed by atoms with Gasteiger partial charge in [-0.3, -0.25) is 0 Å². The molecule has 138 valence electrons. The molecule has 0 unspecified atom stereocenters. The van der Waals surface area contributed by atoms with Crippen LogP contribution in [0.5, 0.6) is 0 Å². The van der Waals surface area contributed by atoms with Gasteiger partial charge in [-0.2, -0.15) is 0 Å². The minimum Gasteiger partial charge on any atom is -0.332 e. The molecule has 3 fully saturated rings. The third kappa shape index (κ3) is 11.3. The molecule has 3 nitrogen and oxygen atoms in total. The SMILES string of the molecule is CN([SiH3])C1CCCCC1.NC1CCCCC1.NC1CCCCC1. The van der Waals surface area contributed by atoms with E-state index in [9.17, 15) is 0 Å². The Bertz CT molecular complexity index is 239. The van der Waals surface area contributed by atoms with Crippen LogP contribution in [0, 0.1) is 0 Å². The van der Waals surface area contributed by atoms with Crippen molar-refractivity contribution < 1.29 is 0 Å². The van der Waals surface area contributed by atoms with Crippen molar-refractivity contribution in [3.8, 4) is 0 Å². The summed E-state index contributed by atoms with van der Waals surface area (Å²) in [7, 11) is 3.50. The molecule has 0 amide bonds. The van der Waals surface area contributed by atoms with E-state index in [4.69, 9.17) is 11.5 Å². The lowest BCUT2D eigenvalue weighted by Gasteiger charge is -2.27. The Labute approximate surface area is 148 Å². The summed E-state index contributed by atoms with van der Waals surface area (Å²) in [6.07, 6.45) is 20.7. The summed E-state index contributed by atoms with van der Waals surface area (Å²) in [5.41, 5.74) is 11.3. The van der Waals surface area contributed by atoms with Crippen molar-refractivity contribution in [2.24, 2.45) is 11.5 Å². The molecular formula is C19H43N3Si. The lowest BCUT2D eigenvalue weighted by atomic mass is 9.96. The lowest BCUT2D eigenvalue weighted by molar-refractivity contribution is 0.296. The maximum Gasteiger partial charge on any atom is 0.0784 e. The molecule has 23 heavy (non-hydrogen) atoms. The summed E-state index contributed by atoms with van der Waals surface area (Å²) in [5.74, 6) is 0. The van der Waals surface area contributed by atoms with Gasteiger partial charge in [0.05, 0.1) is 10.4 Å². The Hall–Kier alpha value is 0.0969. The molecule has 0 spiro atoms. The molecule has 0 aliphatic heterocycles. The van der Waals surface area contributed by atoms with E-state index in [1.165, 1.54) is 107 Å². The van der Waals surface area contributed by atoms with Crippen LogP contribution in [0.2, 0.25) is 0 Å². The normalized spacial score (nSPS) is 24.5. The maximum atomic E-state index is 5.63. The van der Waals surface area contributed by atoms with Gasteiger partial charge < -0.3 is 16.0 Å². The Morgan fingerprint density at radius 2 is 0.913 bits per heavy atom. The van der Waals surface area contributed by atoms with Gasteiger partial charge in [0.25, 0.3) is 0 Å². The van der Waals surface area contributed by atoms with E-state index < -0.39 is 0 Å². The highest BCUT2D eigenvalue weighted by molar-refractivity contribution is 6.04. The highest BCUT2D eigenvalue weighted by Gasteiger charge is 2.13. The molecule has 4 heteroatoms. The predicted molar refractivity (Wildman–Crippen MR) is 107 cm³/mol. The molecule has 0 bridgehead atoms. The molecule has 3 saturated carbocycles. The summed E-state index contributed by atoms with van der Waals surface area (Å²) in [6.45, 7) is 0. The summed E-state index contributed by atoms with van der Waals surface area (Å²) >= 11 is 0. The van der Waals surface area contributed by atoms with Crippen LogP contribution in [0.4, 0.5) is 0 Å². The molecular weight excluding hydrogens is 298 g/mol.